The van der Waals surface area contributed by atoms with Crippen molar-refractivity contribution in [2.45, 2.75) is 496 Å². The van der Waals surface area contributed by atoms with Gasteiger partial charge in [-0.15, -0.1) is 0 Å². The lowest BCUT2D eigenvalue weighted by molar-refractivity contribution is -0.161. The Morgan fingerprint density at radius 3 is 0.704 bits per heavy atom. The molecule has 0 bridgehead atoms. The molecule has 3 unspecified atom stereocenters. The highest BCUT2D eigenvalue weighted by molar-refractivity contribution is 7.47. The maximum Gasteiger partial charge on any atom is 0.472 e. The minimum Gasteiger partial charge on any atom is -0.462 e. The standard InChI is InChI=1S/C89H174O17P2/c1-7-10-12-14-16-18-20-22-24-26-28-30-34-38-42-46-53-59-65-71-86(91)99-77-84(105-88(93)73-68-62-56-48-44-40-36-32-31-33-37-41-45-51-57-63-69-81(4)5)79-103-107(95,96)101-75-83(90)76-102-108(97,98)104-80-85(78-100-87(92)72-66-60-54-50-49-52-58-64-70-82(6)9-3)106-89(94)74-67-61-55-47-43-39-35-29-27-25-23-21-19-17-15-13-11-8-2/h81-85,90H,7-80H2,1-6H3,(H,95,96)(H,97,98)/t82?,83-,84-,85-/m1/s1. The smallest absolute Gasteiger partial charge is 0.462 e. The van der Waals surface area contributed by atoms with Crippen molar-refractivity contribution in [3.8, 4) is 0 Å². The number of aliphatic hydroxyl groups is 1. The fourth-order valence-corrected chi connectivity index (χ4v) is 15.5. The van der Waals surface area contributed by atoms with E-state index in [-0.39, 0.29) is 25.7 Å². The number of phosphoric ester groups is 2. The van der Waals surface area contributed by atoms with Crippen LogP contribution in [0.3, 0.4) is 0 Å². The van der Waals surface area contributed by atoms with Crippen LogP contribution in [0.15, 0.2) is 0 Å². The maximum absolute atomic E-state index is 13.2. The molecule has 0 rings (SSSR count). The van der Waals surface area contributed by atoms with Crippen molar-refractivity contribution in [3.05, 3.63) is 0 Å². The van der Waals surface area contributed by atoms with E-state index >= 15 is 0 Å². The second-order valence-corrected chi connectivity index (χ2v) is 35.6. The molecule has 0 aliphatic carbocycles. The third kappa shape index (κ3) is 80.7. The van der Waals surface area contributed by atoms with Gasteiger partial charge in [0, 0.05) is 25.7 Å². The number of aliphatic hydroxyl groups excluding tert-OH is 1. The Balaban J connectivity index is 5.26. The van der Waals surface area contributed by atoms with Gasteiger partial charge in [0.15, 0.2) is 12.2 Å². The second-order valence-electron chi connectivity index (χ2n) is 32.7. The van der Waals surface area contributed by atoms with E-state index in [1.807, 2.05) is 0 Å². The van der Waals surface area contributed by atoms with Crippen LogP contribution in [0.25, 0.3) is 0 Å². The summed E-state index contributed by atoms with van der Waals surface area (Å²) in [6.07, 6.45) is 73.6. The summed E-state index contributed by atoms with van der Waals surface area (Å²) in [5, 5.41) is 10.7. The molecule has 0 aliphatic heterocycles. The van der Waals surface area contributed by atoms with Crippen LogP contribution in [-0.4, -0.2) is 96.7 Å². The van der Waals surface area contributed by atoms with Crippen LogP contribution in [0.1, 0.15) is 478 Å². The molecular formula is C89H174O17P2. The van der Waals surface area contributed by atoms with E-state index in [1.54, 1.807) is 0 Å². The lowest BCUT2D eigenvalue weighted by Gasteiger charge is -2.21. The molecule has 0 aromatic rings. The highest BCUT2D eigenvalue weighted by atomic mass is 31.2. The number of rotatable bonds is 88. The average molecular weight is 1580 g/mol. The number of hydrogen-bond acceptors (Lipinski definition) is 15. The fourth-order valence-electron chi connectivity index (χ4n) is 13.9. The molecule has 6 atom stereocenters. The number of ether oxygens (including phenoxy) is 4. The number of carbonyl (C=O) groups is 4. The molecule has 642 valence electrons. The van der Waals surface area contributed by atoms with Crippen LogP contribution >= 0.6 is 15.6 Å². The minimum atomic E-state index is -4.97. The van der Waals surface area contributed by atoms with E-state index in [1.165, 1.54) is 295 Å². The largest absolute Gasteiger partial charge is 0.472 e. The summed E-state index contributed by atoms with van der Waals surface area (Å²) in [4.78, 5) is 73.4. The molecule has 0 aliphatic rings. The van der Waals surface area contributed by atoms with Gasteiger partial charge in [-0.3, -0.25) is 37.3 Å². The molecule has 0 amide bonds. The summed E-state index contributed by atoms with van der Waals surface area (Å²) in [6.45, 7) is 9.73. The van der Waals surface area contributed by atoms with Gasteiger partial charge in [0.05, 0.1) is 26.4 Å². The summed E-state index contributed by atoms with van der Waals surface area (Å²) < 4.78 is 69.0. The van der Waals surface area contributed by atoms with Gasteiger partial charge < -0.3 is 33.8 Å². The van der Waals surface area contributed by atoms with Gasteiger partial charge in [0.1, 0.15) is 19.3 Å². The normalized spacial score (nSPS) is 14.0. The molecule has 108 heavy (non-hydrogen) atoms. The van der Waals surface area contributed by atoms with Gasteiger partial charge in [-0.25, -0.2) is 9.13 Å². The molecule has 0 aromatic heterocycles. The zero-order chi connectivity index (χ0) is 79.2. The predicted octanol–water partition coefficient (Wildman–Crippen LogP) is 27.4. The summed E-state index contributed by atoms with van der Waals surface area (Å²) in [5.41, 5.74) is 0. The predicted molar refractivity (Wildman–Crippen MR) is 446 cm³/mol. The number of carbonyl (C=O) groups excluding carboxylic acids is 4. The molecule has 19 heteroatoms. The van der Waals surface area contributed by atoms with E-state index in [0.717, 1.165) is 102 Å². The van der Waals surface area contributed by atoms with Crippen LogP contribution in [0.4, 0.5) is 0 Å². The van der Waals surface area contributed by atoms with Gasteiger partial charge in [0.2, 0.25) is 0 Å². The summed E-state index contributed by atoms with van der Waals surface area (Å²) in [5.74, 6) is -0.511. The SMILES string of the molecule is CCCCCCCCCCCCCCCCCCCCCC(=O)OC[C@H](COP(=O)(O)OC[C@@H](O)COP(=O)(O)OC[C@@H](COC(=O)CCCCCCCCCCC(C)CC)OC(=O)CCCCCCCCCCCCCCCCCCCC)OC(=O)CCCCCCCCCCCCCCCCCCC(C)C. The molecule has 0 spiro atoms. The lowest BCUT2D eigenvalue weighted by Crippen LogP contribution is -2.30. The van der Waals surface area contributed by atoms with Gasteiger partial charge >= 0.3 is 39.5 Å². The van der Waals surface area contributed by atoms with Gasteiger partial charge in [-0.05, 0) is 37.5 Å². The zero-order valence-corrected chi connectivity index (χ0v) is 73.0. The van der Waals surface area contributed by atoms with Crippen molar-refractivity contribution < 1.29 is 80.2 Å². The van der Waals surface area contributed by atoms with Gasteiger partial charge in [-0.2, -0.15) is 0 Å². The van der Waals surface area contributed by atoms with Crippen LogP contribution in [0, 0.1) is 11.8 Å². The number of esters is 4. The topological polar surface area (TPSA) is 237 Å². The Morgan fingerprint density at radius 2 is 0.472 bits per heavy atom. The van der Waals surface area contributed by atoms with Crippen molar-refractivity contribution in [2.24, 2.45) is 11.8 Å². The monoisotopic (exact) mass is 1580 g/mol. The molecule has 17 nitrogen and oxygen atoms in total. The van der Waals surface area contributed by atoms with Gasteiger partial charge in [0.25, 0.3) is 0 Å². The van der Waals surface area contributed by atoms with Crippen molar-refractivity contribution in [1.29, 1.82) is 0 Å². The molecule has 0 radical (unpaired) electrons. The summed E-state index contributed by atoms with van der Waals surface area (Å²) in [6, 6.07) is 0. The fraction of sp³-hybridized carbons (Fsp3) is 0.955. The van der Waals surface area contributed by atoms with Crippen LogP contribution in [0.2, 0.25) is 0 Å². The Labute approximate surface area is 664 Å². The number of unbranched alkanes of at least 4 members (excludes halogenated alkanes) is 57. The van der Waals surface area contributed by atoms with Crippen LogP contribution in [-0.2, 0) is 65.4 Å². The Morgan fingerprint density at radius 1 is 0.269 bits per heavy atom. The van der Waals surface area contributed by atoms with E-state index < -0.39 is 97.5 Å². The second kappa shape index (κ2) is 80.3. The third-order valence-electron chi connectivity index (χ3n) is 21.3. The van der Waals surface area contributed by atoms with E-state index in [2.05, 4.69) is 41.5 Å². The minimum absolute atomic E-state index is 0.108. The maximum atomic E-state index is 13.2. The molecule has 0 aromatic carbocycles. The van der Waals surface area contributed by atoms with Crippen molar-refractivity contribution in [1.82, 2.24) is 0 Å². The van der Waals surface area contributed by atoms with Crippen molar-refractivity contribution in [3.63, 3.8) is 0 Å². The third-order valence-corrected chi connectivity index (χ3v) is 23.2. The first kappa shape index (κ1) is 106. The van der Waals surface area contributed by atoms with Crippen LogP contribution in [0.5, 0.6) is 0 Å². The van der Waals surface area contributed by atoms with Gasteiger partial charge in [-0.1, -0.05) is 427 Å². The van der Waals surface area contributed by atoms with E-state index in [9.17, 15) is 43.2 Å². The Bertz CT molecular complexity index is 2070. The number of hydrogen-bond donors (Lipinski definition) is 3. The van der Waals surface area contributed by atoms with Crippen molar-refractivity contribution in [2.75, 3.05) is 39.6 Å². The molecule has 0 saturated carbocycles. The Kier molecular flexibility index (Phi) is 78.8. The molecule has 0 saturated heterocycles. The first-order chi connectivity index (χ1) is 52.4. The molecule has 0 heterocycles. The first-order valence-electron chi connectivity index (χ1n) is 46.0. The highest BCUT2D eigenvalue weighted by Crippen LogP contribution is 2.45. The molecule has 0 fully saturated rings. The quantitative estimate of drug-likeness (QED) is 0.0222. The van der Waals surface area contributed by atoms with E-state index in [0.29, 0.717) is 25.7 Å². The number of phosphoric acid groups is 2. The zero-order valence-electron chi connectivity index (χ0n) is 71.2. The van der Waals surface area contributed by atoms with E-state index in [4.69, 9.17) is 37.0 Å². The Hall–Kier alpha value is -1.94. The van der Waals surface area contributed by atoms with Crippen LogP contribution < -0.4 is 0 Å². The molecule has 3 N–H and O–H groups in total. The average Bonchev–Trinajstić information content (AvgIpc) is 0.899. The lowest BCUT2D eigenvalue weighted by atomic mass is 9.99. The first-order valence-corrected chi connectivity index (χ1v) is 49.0. The summed E-state index contributed by atoms with van der Waals surface area (Å²) >= 11 is 0. The highest BCUT2D eigenvalue weighted by Gasteiger charge is 2.31. The summed E-state index contributed by atoms with van der Waals surface area (Å²) in [7, 11) is -9.93. The van der Waals surface area contributed by atoms with Crippen molar-refractivity contribution >= 4 is 39.5 Å². The molecular weight excluding hydrogens is 1400 g/mol.